The Morgan fingerprint density at radius 1 is 1.21 bits per heavy atom. The summed E-state index contributed by atoms with van der Waals surface area (Å²) in [5.41, 5.74) is 5.23. The summed E-state index contributed by atoms with van der Waals surface area (Å²) in [5, 5.41) is 10.6. The van der Waals surface area contributed by atoms with Gasteiger partial charge in [0.1, 0.15) is 11.3 Å². The molecule has 7 heteroatoms. The molecule has 1 N–H and O–H groups in total. The van der Waals surface area contributed by atoms with Gasteiger partial charge >= 0.3 is 0 Å². The van der Waals surface area contributed by atoms with Crippen molar-refractivity contribution in [3.8, 4) is 27.8 Å². The summed E-state index contributed by atoms with van der Waals surface area (Å²) in [6.07, 6.45) is 1.51. The SMILES string of the molecule is Cc1cc(-c2csc(-c3cccc(Cl)c3)n2)c(C)n1-c1ncn[nH]1. The quantitative estimate of drug-likeness (QED) is 0.581. The first-order valence-electron chi connectivity index (χ1n) is 7.40. The Bertz CT molecular complexity index is 1000. The Morgan fingerprint density at radius 3 is 2.83 bits per heavy atom. The average molecular weight is 356 g/mol. The molecule has 0 amide bonds. The van der Waals surface area contributed by atoms with Crippen LogP contribution in [0.4, 0.5) is 0 Å². The highest BCUT2D eigenvalue weighted by Crippen LogP contribution is 2.33. The summed E-state index contributed by atoms with van der Waals surface area (Å²) >= 11 is 7.69. The van der Waals surface area contributed by atoms with Crippen LogP contribution in [0.25, 0.3) is 27.8 Å². The van der Waals surface area contributed by atoms with Crippen LogP contribution in [0.1, 0.15) is 11.4 Å². The number of rotatable bonds is 3. The molecule has 0 atom stereocenters. The molecule has 0 aliphatic heterocycles. The van der Waals surface area contributed by atoms with Gasteiger partial charge in [-0.2, -0.15) is 10.1 Å². The van der Waals surface area contributed by atoms with Crippen LogP contribution in [-0.4, -0.2) is 24.7 Å². The van der Waals surface area contributed by atoms with Gasteiger partial charge in [-0.05, 0) is 32.0 Å². The lowest BCUT2D eigenvalue weighted by Crippen LogP contribution is -2.01. The van der Waals surface area contributed by atoms with E-state index in [1.807, 2.05) is 35.8 Å². The number of aryl methyl sites for hydroxylation is 1. The van der Waals surface area contributed by atoms with Crippen molar-refractivity contribution in [2.24, 2.45) is 0 Å². The number of halogens is 1. The number of thiazole rings is 1. The number of aromatic amines is 1. The van der Waals surface area contributed by atoms with Gasteiger partial charge in [-0.25, -0.2) is 10.1 Å². The molecule has 0 fully saturated rings. The molecule has 4 aromatic rings. The topological polar surface area (TPSA) is 59.4 Å². The third-order valence-corrected chi connectivity index (χ3v) is 5.02. The Labute approximate surface area is 148 Å². The number of nitrogens with zero attached hydrogens (tertiary/aromatic N) is 4. The van der Waals surface area contributed by atoms with Crippen LogP contribution in [0.3, 0.4) is 0 Å². The number of nitrogens with one attached hydrogen (secondary N) is 1. The van der Waals surface area contributed by atoms with Crippen LogP contribution < -0.4 is 0 Å². The molecular formula is C17H14ClN5S. The minimum absolute atomic E-state index is 0.710. The first kappa shape index (κ1) is 15.1. The Hall–Kier alpha value is -2.44. The van der Waals surface area contributed by atoms with E-state index in [2.05, 4.69) is 33.6 Å². The van der Waals surface area contributed by atoms with Crippen molar-refractivity contribution >= 4 is 22.9 Å². The second-order valence-electron chi connectivity index (χ2n) is 5.48. The molecule has 5 nitrogen and oxygen atoms in total. The first-order valence-corrected chi connectivity index (χ1v) is 8.66. The number of benzene rings is 1. The van der Waals surface area contributed by atoms with Gasteiger partial charge in [0.2, 0.25) is 5.95 Å². The van der Waals surface area contributed by atoms with E-state index in [1.165, 1.54) is 6.33 Å². The van der Waals surface area contributed by atoms with Gasteiger partial charge in [0.25, 0.3) is 0 Å². The molecule has 0 aliphatic carbocycles. The summed E-state index contributed by atoms with van der Waals surface area (Å²) < 4.78 is 2.04. The normalized spacial score (nSPS) is 11.1. The van der Waals surface area contributed by atoms with Gasteiger partial charge in [-0.15, -0.1) is 11.3 Å². The van der Waals surface area contributed by atoms with E-state index < -0.39 is 0 Å². The van der Waals surface area contributed by atoms with Crippen LogP contribution in [0.15, 0.2) is 42.0 Å². The first-order chi connectivity index (χ1) is 11.6. The van der Waals surface area contributed by atoms with Crippen molar-refractivity contribution in [3.05, 3.63) is 58.4 Å². The molecule has 1 aromatic carbocycles. The van der Waals surface area contributed by atoms with Gasteiger partial charge in [0.15, 0.2) is 0 Å². The monoisotopic (exact) mass is 355 g/mol. The van der Waals surface area contributed by atoms with Crippen molar-refractivity contribution in [1.82, 2.24) is 24.7 Å². The molecule has 3 aromatic heterocycles. The molecular weight excluding hydrogens is 342 g/mol. The molecule has 3 heterocycles. The Kier molecular flexibility index (Phi) is 3.70. The van der Waals surface area contributed by atoms with E-state index in [0.717, 1.165) is 33.2 Å². The Morgan fingerprint density at radius 2 is 2.08 bits per heavy atom. The maximum atomic E-state index is 6.08. The standard InChI is InChI=1S/C17H14ClN5S/c1-10-6-14(11(2)23(10)17-19-9-20-22-17)15-8-24-16(21-15)12-4-3-5-13(18)7-12/h3-9H,1-2H3,(H,19,20,22). The van der Waals surface area contributed by atoms with E-state index >= 15 is 0 Å². The number of aromatic nitrogens is 5. The minimum Gasteiger partial charge on any atom is -0.287 e. The van der Waals surface area contributed by atoms with Crippen molar-refractivity contribution in [2.75, 3.05) is 0 Å². The van der Waals surface area contributed by atoms with E-state index in [9.17, 15) is 0 Å². The van der Waals surface area contributed by atoms with E-state index in [-0.39, 0.29) is 0 Å². The summed E-state index contributed by atoms with van der Waals surface area (Å²) in [6, 6.07) is 9.88. The fourth-order valence-corrected chi connectivity index (χ4v) is 3.81. The van der Waals surface area contributed by atoms with Crippen LogP contribution in [0.5, 0.6) is 0 Å². The minimum atomic E-state index is 0.710. The van der Waals surface area contributed by atoms with Gasteiger partial charge in [0, 0.05) is 32.9 Å². The van der Waals surface area contributed by atoms with E-state index in [1.54, 1.807) is 11.3 Å². The summed E-state index contributed by atoms with van der Waals surface area (Å²) in [5.74, 6) is 0.710. The zero-order valence-corrected chi connectivity index (χ0v) is 14.7. The van der Waals surface area contributed by atoms with Crippen molar-refractivity contribution in [2.45, 2.75) is 13.8 Å². The fraction of sp³-hybridized carbons (Fsp3) is 0.118. The van der Waals surface area contributed by atoms with Crippen molar-refractivity contribution < 1.29 is 0 Å². The highest BCUT2D eigenvalue weighted by molar-refractivity contribution is 7.13. The Balaban J connectivity index is 1.77. The van der Waals surface area contributed by atoms with Gasteiger partial charge in [-0.3, -0.25) is 4.57 Å². The number of H-pyrrole nitrogens is 1. The predicted octanol–water partition coefficient (Wildman–Crippen LogP) is 4.66. The summed E-state index contributed by atoms with van der Waals surface area (Å²) in [7, 11) is 0. The molecule has 0 radical (unpaired) electrons. The highest BCUT2D eigenvalue weighted by atomic mass is 35.5. The van der Waals surface area contributed by atoms with Crippen molar-refractivity contribution in [1.29, 1.82) is 0 Å². The highest BCUT2D eigenvalue weighted by Gasteiger charge is 2.16. The van der Waals surface area contributed by atoms with Crippen LogP contribution in [0.2, 0.25) is 5.02 Å². The van der Waals surface area contributed by atoms with Crippen LogP contribution in [0, 0.1) is 13.8 Å². The summed E-state index contributed by atoms with van der Waals surface area (Å²) in [6.45, 7) is 4.10. The smallest absolute Gasteiger partial charge is 0.229 e. The van der Waals surface area contributed by atoms with E-state index in [4.69, 9.17) is 16.6 Å². The summed E-state index contributed by atoms with van der Waals surface area (Å²) in [4.78, 5) is 9.03. The van der Waals surface area contributed by atoms with Crippen molar-refractivity contribution in [3.63, 3.8) is 0 Å². The molecule has 0 aliphatic rings. The fourth-order valence-electron chi connectivity index (χ4n) is 2.81. The predicted molar refractivity (Wildman–Crippen MR) is 96.7 cm³/mol. The molecule has 0 unspecified atom stereocenters. The second kappa shape index (κ2) is 5.89. The maximum Gasteiger partial charge on any atom is 0.229 e. The second-order valence-corrected chi connectivity index (χ2v) is 6.77. The molecule has 0 saturated heterocycles. The third kappa shape index (κ3) is 2.53. The van der Waals surface area contributed by atoms with Gasteiger partial charge in [0.05, 0.1) is 5.69 Å². The molecule has 120 valence electrons. The van der Waals surface area contributed by atoms with E-state index in [0.29, 0.717) is 11.0 Å². The lowest BCUT2D eigenvalue weighted by Gasteiger charge is -2.04. The molecule has 0 saturated carbocycles. The van der Waals surface area contributed by atoms with Gasteiger partial charge < -0.3 is 0 Å². The average Bonchev–Trinajstić information content (AvgIpc) is 3.28. The zero-order chi connectivity index (χ0) is 16.7. The number of hydrogen-bond acceptors (Lipinski definition) is 4. The van der Waals surface area contributed by atoms with Crippen LogP contribution >= 0.6 is 22.9 Å². The lowest BCUT2D eigenvalue weighted by molar-refractivity contribution is 0.879. The van der Waals surface area contributed by atoms with Crippen LogP contribution in [-0.2, 0) is 0 Å². The molecule has 24 heavy (non-hydrogen) atoms. The largest absolute Gasteiger partial charge is 0.287 e. The molecule has 0 spiro atoms. The third-order valence-electron chi connectivity index (χ3n) is 3.90. The molecule has 0 bridgehead atoms. The molecule has 4 rings (SSSR count). The lowest BCUT2D eigenvalue weighted by atomic mass is 10.2. The maximum absolute atomic E-state index is 6.08. The zero-order valence-electron chi connectivity index (χ0n) is 13.1. The van der Waals surface area contributed by atoms with Gasteiger partial charge in [-0.1, -0.05) is 23.7 Å². The number of hydrogen-bond donors (Lipinski definition) is 1.